The van der Waals surface area contributed by atoms with Gasteiger partial charge in [-0.15, -0.1) is 0 Å². The molecule has 2 aromatic rings. The number of benzene rings is 1. The maximum atomic E-state index is 12.5. The molecule has 1 aromatic heterocycles. The number of aromatic nitrogens is 3. The lowest BCUT2D eigenvalue weighted by Gasteiger charge is -2.16. The lowest BCUT2D eigenvalue weighted by molar-refractivity contribution is -0.121. The fourth-order valence-corrected chi connectivity index (χ4v) is 3.82. The molecule has 7 nitrogen and oxygen atoms in total. The highest BCUT2D eigenvalue weighted by atomic mass is 16.5. The van der Waals surface area contributed by atoms with Crippen LogP contribution in [0.15, 0.2) is 29.1 Å². The van der Waals surface area contributed by atoms with Crippen molar-refractivity contribution in [3.05, 3.63) is 46.1 Å². The molecule has 150 valence electrons. The molecule has 1 saturated carbocycles. The molecule has 0 bridgehead atoms. The van der Waals surface area contributed by atoms with Crippen molar-refractivity contribution in [1.82, 2.24) is 19.7 Å². The van der Waals surface area contributed by atoms with Crippen LogP contribution < -0.4 is 15.7 Å². The van der Waals surface area contributed by atoms with Crippen molar-refractivity contribution in [3.63, 3.8) is 0 Å². The van der Waals surface area contributed by atoms with Gasteiger partial charge in [0.25, 0.3) is 0 Å². The highest BCUT2D eigenvalue weighted by Crippen LogP contribution is 2.30. The summed E-state index contributed by atoms with van der Waals surface area (Å²) in [6, 6.07) is 7.90. The Balaban J connectivity index is 1.28. The summed E-state index contributed by atoms with van der Waals surface area (Å²) in [4.78, 5) is 24.9. The SMILES string of the molecule is COc1cccc(CCC(=O)NC2CCc3nn(CC4CC4)c(=O)n3CC2)c1. The van der Waals surface area contributed by atoms with E-state index in [1.165, 1.54) is 12.8 Å². The highest BCUT2D eigenvalue weighted by Gasteiger charge is 2.26. The predicted octanol–water partition coefficient (Wildman–Crippen LogP) is 1.92. The number of hydrogen-bond acceptors (Lipinski definition) is 4. The largest absolute Gasteiger partial charge is 0.497 e. The third kappa shape index (κ3) is 4.46. The summed E-state index contributed by atoms with van der Waals surface area (Å²) in [5.74, 6) is 2.36. The van der Waals surface area contributed by atoms with E-state index < -0.39 is 0 Å². The third-order valence-corrected chi connectivity index (χ3v) is 5.69. The van der Waals surface area contributed by atoms with Crippen LogP contribution in [0.3, 0.4) is 0 Å². The first-order valence-corrected chi connectivity index (χ1v) is 10.2. The molecule has 1 aliphatic heterocycles. The van der Waals surface area contributed by atoms with Crippen LogP contribution in [0.2, 0.25) is 0 Å². The number of amides is 1. The monoisotopic (exact) mass is 384 g/mol. The van der Waals surface area contributed by atoms with Gasteiger partial charge in [0.15, 0.2) is 0 Å². The van der Waals surface area contributed by atoms with E-state index in [2.05, 4.69) is 10.4 Å². The Morgan fingerprint density at radius 3 is 2.93 bits per heavy atom. The van der Waals surface area contributed by atoms with E-state index in [9.17, 15) is 9.59 Å². The van der Waals surface area contributed by atoms with Gasteiger partial charge in [0, 0.05) is 32.0 Å². The van der Waals surface area contributed by atoms with Gasteiger partial charge in [0.05, 0.1) is 7.11 Å². The topological polar surface area (TPSA) is 78.2 Å². The number of ether oxygens (including phenoxy) is 1. The van der Waals surface area contributed by atoms with Crippen LogP contribution in [0, 0.1) is 5.92 Å². The number of rotatable bonds is 7. The second kappa shape index (κ2) is 8.20. The Morgan fingerprint density at radius 2 is 2.14 bits per heavy atom. The lowest BCUT2D eigenvalue weighted by Crippen LogP contribution is -2.36. The summed E-state index contributed by atoms with van der Waals surface area (Å²) in [7, 11) is 1.64. The van der Waals surface area contributed by atoms with Crippen molar-refractivity contribution < 1.29 is 9.53 Å². The van der Waals surface area contributed by atoms with Gasteiger partial charge < -0.3 is 10.1 Å². The highest BCUT2D eigenvalue weighted by molar-refractivity contribution is 5.76. The first kappa shape index (κ1) is 18.8. The second-order valence-corrected chi connectivity index (χ2v) is 7.92. The van der Waals surface area contributed by atoms with E-state index in [0.29, 0.717) is 25.3 Å². The minimum absolute atomic E-state index is 0.00639. The first-order chi connectivity index (χ1) is 13.6. The molecule has 1 atom stereocenters. The molecule has 0 radical (unpaired) electrons. The summed E-state index contributed by atoms with van der Waals surface area (Å²) in [5.41, 5.74) is 1.10. The number of nitrogens with one attached hydrogen (secondary N) is 1. The van der Waals surface area contributed by atoms with Crippen molar-refractivity contribution in [2.45, 2.75) is 64.1 Å². The number of carbonyl (C=O) groups is 1. The minimum atomic E-state index is 0.00639. The minimum Gasteiger partial charge on any atom is -0.497 e. The Labute approximate surface area is 164 Å². The molecule has 1 aromatic carbocycles. The summed E-state index contributed by atoms with van der Waals surface area (Å²) in [6.07, 6.45) is 5.87. The first-order valence-electron chi connectivity index (χ1n) is 10.2. The maximum Gasteiger partial charge on any atom is 0.345 e. The molecule has 1 aliphatic carbocycles. The molecule has 0 spiro atoms. The number of aryl methyl sites for hydroxylation is 2. The quantitative estimate of drug-likeness (QED) is 0.791. The van der Waals surface area contributed by atoms with Crippen LogP contribution in [0.1, 0.15) is 43.5 Å². The van der Waals surface area contributed by atoms with Crippen LogP contribution in [0.5, 0.6) is 5.75 Å². The Kier molecular flexibility index (Phi) is 5.50. The van der Waals surface area contributed by atoms with Crippen molar-refractivity contribution in [2.24, 2.45) is 5.92 Å². The van der Waals surface area contributed by atoms with Gasteiger partial charge in [-0.1, -0.05) is 12.1 Å². The molecule has 0 saturated heterocycles. The fraction of sp³-hybridized carbons (Fsp3) is 0.571. The molecular weight excluding hydrogens is 356 g/mol. The molecule has 1 amide bonds. The molecule has 1 fully saturated rings. The summed E-state index contributed by atoms with van der Waals surface area (Å²) < 4.78 is 8.66. The molecule has 1 unspecified atom stereocenters. The van der Waals surface area contributed by atoms with Crippen molar-refractivity contribution in [3.8, 4) is 5.75 Å². The van der Waals surface area contributed by atoms with Crippen LogP contribution in [0.25, 0.3) is 0 Å². The van der Waals surface area contributed by atoms with Gasteiger partial charge in [-0.25, -0.2) is 9.48 Å². The average Bonchev–Trinajstić information content (AvgIpc) is 3.50. The fourth-order valence-electron chi connectivity index (χ4n) is 3.82. The van der Waals surface area contributed by atoms with Gasteiger partial charge in [0.1, 0.15) is 11.6 Å². The summed E-state index contributed by atoms with van der Waals surface area (Å²) in [5, 5.41) is 7.68. The van der Waals surface area contributed by atoms with Gasteiger partial charge in [-0.3, -0.25) is 9.36 Å². The molecule has 2 heterocycles. The molecule has 1 N–H and O–H groups in total. The third-order valence-electron chi connectivity index (χ3n) is 5.69. The molecule has 7 heteroatoms. The van der Waals surface area contributed by atoms with Crippen LogP contribution in [-0.2, 0) is 30.7 Å². The van der Waals surface area contributed by atoms with Crippen molar-refractivity contribution in [2.75, 3.05) is 7.11 Å². The van der Waals surface area contributed by atoms with E-state index in [1.807, 2.05) is 24.3 Å². The number of hydrogen-bond donors (Lipinski definition) is 1. The number of fused-ring (bicyclic) bond motifs is 1. The van der Waals surface area contributed by atoms with E-state index in [0.717, 1.165) is 42.9 Å². The van der Waals surface area contributed by atoms with E-state index in [-0.39, 0.29) is 17.6 Å². The van der Waals surface area contributed by atoms with Gasteiger partial charge in [-0.05, 0) is 55.7 Å². The molecule has 2 aliphatic rings. The van der Waals surface area contributed by atoms with E-state index in [4.69, 9.17) is 4.74 Å². The molecule has 28 heavy (non-hydrogen) atoms. The zero-order chi connectivity index (χ0) is 19.5. The lowest BCUT2D eigenvalue weighted by atomic mass is 10.1. The van der Waals surface area contributed by atoms with E-state index >= 15 is 0 Å². The average molecular weight is 384 g/mol. The number of methoxy groups -OCH3 is 1. The van der Waals surface area contributed by atoms with Gasteiger partial charge in [-0.2, -0.15) is 5.10 Å². The number of nitrogens with zero attached hydrogens (tertiary/aromatic N) is 3. The van der Waals surface area contributed by atoms with Crippen molar-refractivity contribution in [1.29, 1.82) is 0 Å². The summed E-state index contributed by atoms with van der Waals surface area (Å²) >= 11 is 0. The van der Waals surface area contributed by atoms with Crippen LogP contribution in [0.4, 0.5) is 0 Å². The van der Waals surface area contributed by atoms with Crippen molar-refractivity contribution >= 4 is 5.91 Å². The van der Waals surface area contributed by atoms with Gasteiger partial charge in [0.2, 0.25) is 5.91 Å². The summed E-state index contributed by atoms with van der Waals surface area (Å²) in [6.45, 7) is 1.38. The van der Waals surface area contributed by atoms with Crippen LogP contribution >= 0.6 is 0 Å². The maximum absolute atomic E-state index is 12.5. The predicted molar refractivity (Wildman–Crippen MR) is 105 cm³/mol. The smallest absolute Gasteiger partial charge is 0.345 e. The number of carbonyl (C=O) groups excluding carboxylic acids is 1. The standard InChI is InChI=1S/C21H28N4O3/c1-28-18-4-2-3-15(13-18)7-10-20(26)22-17-8-9-19-23-25(14-16-5-6-16)21(27)24(19)12-11-17/h2-4,13,16-17H,5-12,14H2,1H3,(H,22,26). The second-order valence-electron chi connectivity index (χ2n) is 7.92. The Hall–Kier alpha value is -2.57. The normalized spacial score (nSPS) is 19.0. The van der Waals surface area contributed by atoms with Crippen LogP contribution in [-0.4, -0.2) is 33.4 Å². The Bertz CT molecular complexity index is 897. The zero-order valence-electron chi connectivity index (χ0n) is 16.4. The van der Waals surface area contributed by atoms with E-state index in [1.54, 1.807) is 16.4 Å². The Morgan fingerprint density at radius 1 is 1.29 bits per heavy atom. The van der Waals surface area contributed by atoms with Gasteiger partial charge >= 0.3 is 5.69 Å². The molecular formula is C21H28N4O3. The molecule has 4 rings (SSSR count). The zero-order valence-corrected chi connectivity index (χ0v) is 16.4.